The lowest BCUT2D eigenvalue weighted by Crippen LogP contribution is -2.38. The molecule has 0 bridgehead atoms. The Morgan fingerprint density at radius 3 is 3.00 bits per heavy atom. The van der Waals surface area contributed by atoms with Gasteiger partial charge in [0.05, 0.1) is 11.4 Å². The summed E-state index contributed by atoms with van der Waals surface area (Å²) in [6.45, 7) is 6.63. The van der Waals surface area contributed by atoms with E-state index < -0.39 is 5.97 Å². The zero-order valence-corrected chi connectivity index (χ0v) is 13.1. The molecule has 22 heavy (non-hydrogen) atoms. The first-order chi connectivity index (χ1) is 10.5. The van der Waals surface area contributed by atoms with Crippen molar-refractivity contribution in [1.82, 2.24) is 15.0 Å². The van der Waals surface area contributed by atoms with Crippen molar-refractivity contribution in [3.63, 3.8) is 0 Å². The third kappa shape index (κ3) is 2.91. The predicted octanol–water partition coefficient (Wildman–Crippen LogP) is 2.39. The summed E-state index contributed by atoms with van der Waals surface area (Å²) >= 11 is 0. The second kappa shape index (κ2) is 5.94. The van der Waals surface area contributed by atoms with E-state index in [1.165, 1.54) is 0 Å². The van der Waals surface area contributed by atoms with Crippen LogP contribution in [0, 0.1) is 11.8 Å². The van der Waals surface area contributed by atoms with Gasteiger partial charge in [-0.3, -0.25) is 4.79 Å². The Labute approximate surface area is 129 Å². The summed E-state index contributed by atoms with van der Waals surface area (Å²) in [7, 11) is 0. The highest BCUT2D eigenvalue weighted by Gasteiger charge is 2.25. The lowest BCUT2D eigenvalue weighted by molar-refractivity contribution is -0.141. The molecule has 1 atom stereocenters. The zero-order valence-electron chi connectivity index (χ0n) is 13.1. The van der Waals surface area contributed by atoms with Gasteiger partial charge in [0.2, 0.25) is 0 Å². The number of carbonyl (C=O) groups is 1. The maximum atomic E-state index is 11.2. The van der Waals surface area contributed by atoms with E-state index in [9.17, 15) is 9.90 Å². The second-order valence-electron chi connectivity index (χ2n) is 6.46. The molecule has 6 nitrogen and oxygen atoms in total. The van der Waals surface area contributed by atoms with E-state index in [1.54, 1.807) is 0 Å². The van der Waals surface area contributed by atoms with E-state index in [0.717, 1.165) is 42.7 Å². The summed E-state index contributed by atoms with van der Waals surface area (Å²) < 4.78 is 1.93. The van der Waals surface area contributed by atoms with Gasteiger partial charge in [-0.25, -0.2) is 4.68 Å². The van der Waals surface area contributed by atoms with Gasteiger partial charge < -0.3 is 10.0 Å². The molecule has 0 radical (unpaired) electrons. The SMILES string of the molecule is CC(C)Cn1nnc2cc(N3CCCC(C(=O)O)C3)ccc21. The van der Waals surface area contributed by atoms with Crippen LogP contribution < -0.4 is 4.90 Å². The number of aliphatic carboxylic acids is 1. The minimum atomic E-state index is -0.700. The molecule has 0 saturated carbocycles. The van der Waals surface area contributed by atoms with Crippen LogP contribution >= 0.6 is 0 Å². The van der Waals surface area contributed by atoms with Gasteiger partial charge in [-0.1, -0.05) is 19.1 Å². The van der Waals surface area contributed by atoms with Crippen molar-refractivity contribution >= 4 is 22.7 Å². The fraction of sp³-hybridized carbons (Fsp3) is 0.562. The Morgan fingerprint density at radius 1 is 1.45 bits per heavy atom. The second-order valence-corrected chi connectivity index (χ2v) is 6.46. The van der Waals surface area contributed by atoms with Crippen LogP contribution in [0.2, 0.25) is 0 Å². The summed E-state index contributed by atoms with van der Waals surface area (Å²) in [5.74, 6) is -0.460. The number of hydrogen-bond acceptors (Lipinski definition) is 4. The maximum Gasteiger partial charge on any atom is 0.308 e. The molecule has 1 aliphatic rings. The molecule has 6 heteroatoms. The number of aromatic nitrogens is 3. The molecule has 118 valence electrons. The summed E-state index contributed by atoms with van der Waals surface area (Å²) in [6.07, 6.45) is 1.67. The van der Waals surface area contributed by atoms with E-state index >= 15 is 0 Å². The lowest BCUT2D eigenvalue weighted by Gasteiger charge is -2.32. The van der Waals surface area contributed by atoms with E-state index in [2.05, 4.69) is 29.1 Å². The molecule has 0 amide bonds. The third-order valence-electron chi connectivity index (χ3n) is 4.17. The van der Waals surface area contributed by atoms with Crippen molar-refractivity contribution in [3.05, 3.63) is 18.2 Å². The van der Waals surface area contributed by atoms with Gasteiger partial charge in [0.1, 0.15) is 5.52 Å². The molecule has 1 unspecified atom stereocenters. The fourth-order valence-corrected chi connectivity index (χ4v) is 3.05. The Balaban J connectivity index is 1.84. The topological polar surface area (TPSA) is 71.2 Å². The number of carboxylic acid groups (broad SMARTS) is 1. The quantitative estimate of drug-likeness (QED) is 0.939. The molecule has 1 aromatic carbocycles. The Bertz CT molecular complexity index is 680. The number of rotatable bonds is 4. The zero-order chi connectivity index (χ0) is 15.7. The van der Waals surface area contributed by atoms with Crippen molar-refractivity contribution < 1.29 is 9.90 Å². The summed E-state index contributed by atoms with van der Waals surface area (Å²) in [5.41, 5.74) is 2.94. The van der Waals surface area contributed by atoms with Gasteiger partial charge in [-0.05, 0) is 37.0 Å². The van der Waals surface area contributed by atoms with E-state index in [1.807, 2.05) is 22.9 Å². The van der Waals surface area contributed by atoms with Crippen LogP contribution in [-0.2, 0) is 11.3 Å². The van der Waals surface area contributed by atoms with Crippen molar-refractivity contribution in [3.8, 4) is 0 Å². The molecule has 1 N–H and O–H groups in total. The summed E-state index contributed by atoms with van der Waals surface area (Å²) in [4.78, 5) is 13.3. The molecular weight excluding hydrogens is 280 g/mol. The largest absolute Gasteiger partial charge is 0.481 e. The lowest BCUT2D eigenvalue weighted by atomic mass is 9.98. The number of piperidine rings is 1. The van der Waals surface area contributed by atoms with Gasteiger partial charge in [0.25, 0.3) is 0 Å². The van der Waals surface area contributed by atoms with Gasteiger partial charge in [-0.15, -0.1) is 5.10 Å². The molecule has 0 aliphatic carbocycles. The fourth-order valence-electron chi connectivity index (χ4n) is 3.05. The van der Waals surface area contributed by atoms with E-state index in [4.69, 9.17) is 0 Å². The normalized spacial score (nSPS) is 19.0. The van der Waals surface area contributed by atoms with Gasteiger partial charge in [0, 0.05) is 25.3 Å². The van der Waals surface area contributed by atoms with Crippen LogP contribution in [0.25, 0.3) is 11.0 Å². The third-order valence-corrected chi connectivity index (χ3v) is 4.17. The number of hydrogen-bond donors (Lipinski definition) is 1. The number of anilines is 1. The van der Waals surface area contributed by atoms with Gasteiger partial charge in [0.15, 0.2) is 0 Å². The minimum Gasteiger partial charge on any atom is -0.481 e. The molecule has 1 aliphatic heterocycles. The summed E-state index contributed by atoms with van der Waals surface area (Å²) in [6, 6.07) is 6.10. The van der Waals surface area contributed by atoms with E-state index in [-0.39, 0.29) is 5.92 Å². The van der Waals surface area contributed by atoms with Crippen molar-refractivity contribution in [2.45, 2.75) is 33.2 Å². The molecule has 0 spiro atoms. The molecule has 2 aromatic rings. The minimum absolute atomic E-state index is 0.277. The predicted molar refractivity (Wildman–Crippen MR) is 84.9 cm³/mol. The monoisotopic (exact) mass is 302 g/mol. The first kappa shape index (κ1) is 14.8. The maximum absolute atomic E-state index is 11.2. The van der Waals surface area contributed by atoms with Crippen LogP contribution in [0.4, 0.5) is 5.69 Å². The van der Waals surface area contributed by atoms with Crippen molar-refractivity contribution in [2.75, 3.05) is 18.0 Å². The highest BCUT2D eigenvalue weighted by atomic mass is 16.4. The van der Waals surface area contributed by atoms with E-state index in [0.29, 0.717) is 12.5 Å². The Hall–Kier alpha value is -2.11. The molecule has 1 fully saturated rings. The molecule has 3 rings (SSSR count). The van der Waals surface area contributed by atoms with Crippen molar-refractivity contribution in [2.24, 2.45) is 11.8 Å². The number of benzene rings is 1. The Morgan fingerprint density at radius 2 is 2.27 bits per heavy atom. The number of carboxylic acids is 1. The number of fused-ring (bicyclic) bond motifs is 1. The van der Waals surface area contributed by atoms with Crippen LogP contribution in [0.5, 0.6) is 0 Å². The van der Waals surface area contributed by atoms with Crippen LogP contribution in [0.1, 0.15) is 26.7 Å². The average Bonchev–Trinajstić information content (AvgIpc) is 2.89. The summed E-state index contributed by atoms with van der Waals surface area (Å²) in [5, 5.41) is 17.7. The Kier molecular flexibility index (Phi) is 4.00. The average molecular weight is 302 g/mol. The molecule has 1 saturated heterocycles. The smallest absolute Gasteiger partial charge is 0.308 e. The van der Waals surface area contributed by atoms with Crippen LogP contribution in [0.3, 0.4) is 0 Å². The highest BCUT2D eigenvalue weighted by Crippen LogP contribution is 2.26. The van der Waals surface area contributed by atoms with Gasteiger partial charge in [-0.2, -0.15) is 0 Å². The van der Waals surface area contributed by atoms with Gasteiger partial charge >= 0.3 is 5.97 Å². The van der Waals surface area contributed by atoms with Crippen molar-refractivity contribution in [1.29, 1.82) is 0 Å². The van der Waals surface area contributed by atoms with Crippen LogP contribution in [-0.4, -0.2) is 39.2 Å². The van der Waals surface area contributed by atoms with Crippen LogP contribution in [0.15, 0.2) is 18.2 Å². The standard InChI is InChI=1S/C16H22N4O2/c1-11(2)9-20-15-6-5-13(8-14(15)17-18-20)19-7-3-4-12(10-19)16(21)22/h5-6,8,11-12H,3-4,7,9-10H2,1-2H3,(H,21,22). The molecule has 1 aromatic heterocycles. The molecular formula is C16H22N4O2. The molecule has 2 heterocycles. The first-order valence-electron chi connectivity index (χ1n) is 7.85. The first-order valence-corrected chi connectivity index (χ1v) is 7.85. The number of nitrogens with zero attached hydrogens (tertiary/aromatic N) is 4. The highest BCUT2D eigenvalue weighted by molar-refractivity contribution is 5.79.